The molecule has 1 aliphatic heterocycles. The van der Waals surface area contributed by atoms with Crippen LogP contribution in [-0.4, -0.2) is 48.3 Å². The maximum atomic E-state index is 6.32. The summed E-state index contributed by atoms with van der Waals surface area (Å²) in [5.74, 6) is 0.910. The molecular weight excluding hydrogens is 356 g/mol. The Morgan fingerprint density at radius 1 is 1.00 bits per heavy atom. The lowest BCUT2D eigenvalue weighted by atomic mass is 9.94. The van der Waals surface area contributed by atoms with Gasteiger partial charge in [-0.05, 0) is 80.6 Å². The van der Waals surface area contributed by atoms with Gasteiger partial charge in [-0.3, -0.25) is 0 Å². The van der Waals surface area contributed by atoms with Gasteiger partial charge >= 0.3 is 0 Å². The minimum absolute atomic E-state index is 0.300. The van der Waals surface area contributed by atoms with E-state index in [0.717, 1.165) is 41.7 Å². The van der Waals surface area contributed by atoms with E-state index in [4.69, 9.17) is 9.47 Å². The monoisotopic (exact) mass is 382 g/mol. The fourth-order valence-electron chi connectivity index (χ4n) is 3.50. The molecule has 4 nitrogen and oxygen atoms in total. The third kappa shape index (κ3) is 4.91. The number of halogens is 1. The van der Waals surface area contributed by atoms with E-state index >= 15 is 0 Å². The van der Waals surface area contributed by atoms with Crippen molar-refractivity contribution in [2.24, 2.45) is 0 Å². The lowest BCUT2D eigenvalue weighted by Crippen LogP contribution is -2.37. The number of likely N-dealkylation sites (tertiary alicyclic amines) is 1. The van der Waals surface area contributed by atoms with Crippen molar-refractivity contribution in [1.82, 2.24) is 9.88 Å². The molecule has 2 aliphatic rings. The van der Waals surface area contributed by atoms with Crippen molar-refractivity contribution in [2.45, 2.75) is 63.8 Å². The largest absolute Gasteiger partial charge is 0.489 e. The topological polar surface area (TPSA) is 34.6 Å². The molecule has 1 saturated heterocycles. The Morgan fingerprint density at radius 2 is 1.61 bits per heavy atom. The van der Waals surface area contributed by atoms with Crippen LogP contribution in [0.3, 0.4) is 0 Å². The fraction of sp³-hybridized carbons (Fsp3) is 0.722. The van der Waals surface area contributed by atoms with E-state index in [1.54, 1.807) is 0 Å². The highest BCUT2D eigenvalue weighted by atomic mass is 79.9. The Hall–Kier alpha value is -0.650. The molecule has 2 fully saturated rings. The second-order valence-electron chi connectivity index (χ2n) is 6.87. The maximum absolute atomic E-state index is 6.32. The number of hydrogen-bond donors (Lipinski definition) is 0. The van der Waals surface area contributed by atoms with Crippen molar-refractivity contribution in [2.75, 3.05) is 20.1 Å². The molecule has 0 bridgehead atoms. The summed E-state index contributed by atoms with van der Waals surface area (Å²) in [7, 11) is 2.19. The molecule has 5 heteroatoms. The van der Waals surface area contributed by atoms with Gasteiger partial charge in [0.25, 0.3) is 0 Å². The average Bonchev–Trinajstić information content (AvgIpc) is 2.54. The maximum Gasteiger partial charge on any atom is 0.140 e. The van der Waals surface area contributed by atoms with E-state index in [9.17, 15) is 0 Å². The standard InChI is InChI=1S/C18H27BrN2O2/c1-13-17(7-8-18(19)20-13)23-15-5-3-14(4-6-15)22-16-9-11-21(2)12-10-16/h7-8,14-16H,3-6,9-12H2,1-2H3/t14-,15-. The lowest BCUT2D eigenvalue weighted by Gasteiger charge is -2.35. The zero-order chi connectivity index (χ0) is 16.2. The Labute approximate surface area is 147 Å². The van der Waals surface area contributed by atoms with Gasteiger partial charge in [0.15, 0.2) is 0 Å². The second kappa shape index (κ2) is 7.95. The summed E-state index contributed by atoms with van der Waals surface area (Å²) in [5.41, 5.74) is 0.948. The zero-order valence-corrected chi connectivity index (χ0v) is 15.7. The summed E-state index contributed by atoms with van der Waals surface area (Å²) in [6, 6.07) is 3.95. The minimum Gasteiger partial charge on any atom is -0.489 e. The van der Waals surface area contributed by atoms with Crippen molar-refractivity contribution in [3.05, 3.63) is 22.4 Å². The summed E-state index contributed by atoms with van der Waals surface area (Å²) in [5, 5.41) is 0. The summed E-state index contributed by atoms with van der Waals surface area (Å²) in [6.45, 7) is 4.33. The van der Waals surface area contributed by atoms with Crippen molar-refractivity contribution in [3.8, 4) is 5.75 Å². The molecule has 0 N–H and O–H groups in total. The van der Waals surface area contributed by atoms with Crippen molar-refractivity contribution >= 4 is 15.9 Å². The van der Waals surface area contributed by atoms with Crippen LogP contribution in [-0.2, 0) is 4.74 Å². The predicted molar refractivity (Wildman–Crippen MR) is 95.0 cm³/mol. The first kappa shape index (κ1) is 17.2. The molecule has 1 aliphatic carbocycles. The molecule has 0 amide bonds. The molecular formula is C18H27BrN2O2. The molecule has 23 heavy (non-hydrogen) atoms. The number of aromatic nitrogens is 1. The number of aryl methyl sites for hydroxylation is 1. The van der Waals surface area contributed by atoms with E-state index in [2.05, 4.69) is 32.9 Å². The number of piperidine rings is 1. The van der Waals surface area contributed by atoms with Crippen molar-refractivity contribution < 1.29 is 9.47 Å². The highest BCUT2D eigenvalue weighted by molar-refractivity contribution is 9.10. The summed E-state index contributed by atoms with van der Waals surface area (Å²) in [6.07, 6.45) is 7.92. The second-order valence-corrected chi connectivity index (χ2v) is 7.69. The first-order valence-electron chi connectivity index (χ1n) is 8.74. The van der Waals surface area contributed by atoms with Crippen LogP contribution in [0.15, 0.2) is 16.7 Å². The van der Waals surface area contributed by atoms with Gasteiger partial charge in [-0.2, -0.15) is 0 Å². The molecule has 2 heterocycles. The van der Waals surface area contributed by atoms with E-state index in [1.165, 1.54) is 25.9 Å². The Kier molecular flexibility index (Phi) is 5.94. The highest BCUT2D eigenvalue weighted by Gasteiger charge is 2.27. The van der Waals surface area contributed by atoms with Gasteiger partial charge < -0.3 is 14.4 Å². The van der Waals surface area contributed by atoms with Gasteiger partial charge in [0.05, 0.1) is 24.0 Å². The number of rotatable bonds is 4. The van der Waals surface area contributed by atoms with Gasteiger partial charge in [-0.1, -0.05) is 0 Å². The Balaban J connectivity index is 1.43. The van der Waals surface area contributed by atoms with Gasteiger partial charge in [-0.15, -0.1) is 0 Å². The van der Waals surface area contributed by atoms with E-state index < -0.39 is 0 Å². The van der Waals surface area contributed by atoms with Crippen LogP contribution in [0.2, 0.25) is 0 Å². The lowest BCUT2D eigenvalue weighted by molar-refractivity contribution is -0.0643. The number of hydrogen-bond acceptors (Lipinski definition) is 4. The Morgan fingerprint density at radius 3 is 2.26 bits per heavy atom. The summed E-state index contributed by atoms with van der Waals surface area (Å²) >= 11 is 3.39. The smallest absolute Gasteiger partial charge is 0.140 e. The van der Waals surface area contributed by atoms with Crippen LogP contribution in [0.25, 0.3) is 0 Å². The van der Waals surface area contributed by atoms with Gasteiger partial charge in [0, 0.05) is 13.1 Å². The third-order valence-electron chi connectivity index (χ3n) is 4.97. The molecule has 0 unspecified atom stereocenters. The molecule has 1 aromatic rings. The van der Waals surface area contributed by atoms with Crippen molar-refractivity contribution in [1.29, 1.82) is 0 Å². The third-order valence-corrected chi connectivity index (χ3v) is 5.41. The van der Waals surface area contributed by atoms with Crippen LogP contribution in [0.1, 0.15) is 44.2 Å². The van der Waals surface area contributed by atoms with Crippen LogP contribution < -0.4 is 4.74 Å². The number of ether oxygens (including phenoxy) is 2. The van der Waals surface area contributed by atoms with Crippen molar-refractivity contribution in [3.63, 3.8) is 0 Å². The molecule has 1 saturated carbocycles. The summed E-state index contributed by atoms with van der Waals surface area (Å²) in [4.78, 5) is 6.79. The summed E-state index contributed by atoms with van der Waals surface area (Å²) < 4.78 is 13.3. The molecule has 0 atom stereocenters. The number of pyridine rings is 1. The molecule has 0 aromatic carbocycles. The van der Waals surface area contributed by atoms with Gasteiger partial charge in [0.2, 0.25) is 0 Å². The van der Waals surface area contributed by atoms with Crippen LogP contribution in [0.5, 0.6) is 5.75 Å². The average molecular weight is 383 g/mol. The Bertz CT molecular complexity index is 510. The van der Waals surface area contributed by atoms with E-state index in [1.807, 2.05) is 19.1 Å². The molecule has 128 valence electrons. The highest BCUT2D eigenvalue weighted by Crippen LogP contribution is 2.29. The molecule has 1 aromatic heterocycles. The quantitative estimate of drug-likeness (QED) is 0.738. The van der Waals surface area contributed by atoms with E-state index in [-0.39, 0.29) is 0 Å². The predicted octanol–water partition coefficient (Wildman–Crippen LogP) is 3.95. The normalized spacial score (nSPS) is 27.1. The zero-order valence-electron chi connectivity index (χ0n) is 14.1. The van der Waals surface area contributed by atoms with Gasteiger partial charge in [0.1, 0.15) is 10.4 Å². The molecule has 0 radical (unpaired) electrons. The molecule has 0 spiro atoms. The van der Waals surface area contributed by atoms with Crippen LogP contribution in [0.4, 0.5) is 0 Å². The fourth-order valence-corrected chi connectivity index (χ4v) is 3.90. The SMILES string of the molecule is Cc1nc(Br)ccc1O[C@H]1CC[C@H](OC2CCN(C)CC2)CC1. The van der Waals surface area contributed by atoms with E-state index in [0.29, 0.717) is 18.3 Å². The first-order valence-corrected chi connectivity index (χ1v) is 9.53. The van der Waals surface area contributed by atoms with Gasteiger partial charge in [-0.25, -0.2) is 4.98 Å². The minimum atomic E-state index is 0.300. The van der Waals surface area contributed by atoms with Crippen LogP contribution >= 0.6 is 15.9 Å². The first-order chi connectivity index (χ1) is 11.1. The number of nitrogens with zero attached hydrogens (tertiary/aromatic N) is 2. The molecule has 3 rings (SSSR count). The van der Waals surface area contributed by atoms with Crippen LogP contribution in [0, 0.1) is 6.92 Å².